The highest BCUT2D eigenvalue weighted by atomic mass is 79.9. The van der Waals surface area contributed by atoms with Crippen molar-refractivity contribution < 1.29 is 14.1 Å². The number of hydrogen-bond acceptors (Lipinski definition) is 7. The Hall–Kier alpha value is -1.32. The Balaban J connectivity index is 1.47. The van der Waals surface area contributed by atoms with E-state index >= 15 is 0 Å². The van der Waals surface area contributed by atoms with Gasteiger partial charge in [-0.2, -0.15) is 11.8 Å². The minimum absolute atomic E-state index is 0.337. The third kappa shape index (κ3) is 3.47. The molecule has 3 aromatic rings. The van der Waals surface area contributed by atoms with Gasteiger partial charge in [0, 0.05) is 18.0 Å². The molecule has 3 heterocycles. The van der Waals surface area contributed by atoms with Gasteiger partial charge in [0.1, 0.15) is 23.5 Å². The first-order valence-corrected chi connectivity index (χ1v) is 8.77. The molecule has 0 aliphatic carbocycles. The van der Waals surface area contributed by atoms with Crippen molar-refractivity contribution in [3.63, 3.8) is 0 Å². The summed E-state index contributed by atoms with van der Waals surface area (Å²) in [5.41, 5.74) is 0.353. The number of hydrogen-bond donors (Lipinski definition) is 0. The molecule has 0 N–H and O–H groups in total. The van der Waals surface area contributed by atoms with Crippen LogP contribution in [0, 0.1) is 0 Å². The van der Waals surface area contributed by atoms with Gasteiger partial charge in [0.05, 0.1) is 15.7 Å². The summed E-state index contributed by atoms with van der Waals surface area (Å²) in [5.74, 6) is 1.82. The molecule has 0 atom stereocenters. The summed E-state index contributed by atoms with van der Waals surface area (Å²) in [6.07, 6.45) is 5.07. The van der Waals surface area contributed by atoms with E-state index < -0.39 is 5.97 Å². The second kappa shape index (κ2) is 6.63. The quantitative estimate of drug-likeness (QED) is 0.477. The van der Waals surface area contributed by atoms with Crippen LogP contribution in [0.2, 0.25) is 0 Å². The number of carbonyl (C=O) groups is 1. The van der Waals surface area contributed by atoms with Crippen molar-refractivity contribution in [1.82, 2.24) is 14.5 Å². The molecule has 0 saturated heterocycles. The van der Waals surface area contributed by atoms with Crippen LogP contribution in [0.25, 0.3) is 4.83 Å². The zero-order valence-electron chi connectivity index (χ0n) is 10.7. The third-order valence-corrected chi connectivity index (χ3v) is 5.11. The average Bonchev–Trinajstić information content (AvgIpc) is 3.14. The summed E-state index contributed by atoms with van der Waals surface area (Å²) in [5, 5.41) is 3.63. The van der Waals surface area contributed by atoms with E-state index in [1.54, 1.807) is 28.7 Å². The largest absolute Gasteiger partial charge is 0.460 e. The summed E-state index contributed by atoms with van der Waals surface area (Å²) in [7, 11) is 0. The summed E-state index contributed by atoms with van der Waals surface area (Å²) in [6.45, 7) is 0.337. The Kier molecular flexibility index (Phi) is 4.61. The number of nitrogens with zero attached hydrogens (tertiary/aromatic N) is 3. The van der Waals surface area contributed by atoms with Crippen LogP contribution in [0.3, 0.4) is 0 Å². The van der Waals surface area contributed by atoms with Crippen LogP contribution in [0.4, 0.5) is 0 Å². The molecule has 3 rings (SSSR count). The lowest BCUT2D eigenvalue weighted by molar-refractivity contribution is 0.0526. The number of imidazole rings is 1. The number of rotatable bonds is 6. The van der Waals surface area contributed by atoms with E-state index in [0.717, 1.165) is 14.4 Å². The topological polar surface area (TPSA) is 69.6 Å². The highest BCUT2D eigenvalue weighted by molar-refractivity contribution is 9.11. The number of halogens is 1. The number of thiazole rings is 1. The van der Waals surface area contributed by atoms with E-state index in [4.69, 9.17) is 9.26 Å². The molecule has 0 bridgehead atoms. The van der Waals surface area contributed by atoms with Crippen LogP contribution < -0.4 is 0 Å². The van der Waals surface area contributed by atoms with Crippen molar-refractivity contribution in [2.45, 2.75) is 5.75 Å². The van der Waals surface area contributed by atoms with Crippen LogP contribution in [0.15, 0.2) is 33.1 Å². The molecule has 0 aliphatic rings. The van der Waals surface area contributed by atoms with Gasteiger partial charge in [0.25, 0.3) is 0 Å². The summed E-state index contributed by atoms with van der Waals surface area (Å²) >= 11 is 6.44. The lowest BCUT2D eigenvalue weighted by Crippen LogP contribution is -2.08. The summed E-state index contributed by atoms with van der Waals surface area (Å²) < 4.78 is 12.9. The van der Waals surface area contributed by atoms with Crippen molar-refractivity contribution in [2.75, 3.05) is 12.4 Å². The van der Waals surface area contributed by atoms with E-state index in [1.165, 1.54) is 11.3 Å². The van der Waals surface area contributed by atoms with Crippen molar-refractivity contribution in [2.24, 2.45) is 0 Å². The standard InChI is InChI=1S/C12H10BrN3O3S2/c13-9-5-16-7-14-10(11(16)21-9)12(17)18-3-4-20-6-8-1-2-15-19-8/h1-2,5,7H,3-4,6H2. The smallest absolute Gasteiger partial charge is 0.360 e. The van der Waals surface area contributed by atoms with Crippen LogP contribution >= 0.6 is 39.0 Å². The lowest BCUT2D eigenvalue weighted by Gasteiger charge is -2.02. The van der Waals surface area contributed by atoms with Gasteiger partial charge >= 0.3 is 5.97 Å². The van der Waals surface area contributed by atoms with Crippen molar-refractivity contribution in [3.05, 3.63) is 40.0 Å². The molecule has 3 aromatic heterocycles. The molecule has 0 aromatic carbocycles. The third-order valence-electron chi connectivity index (χ3n) is 2.57. The monoisotopic (exact) mass is 387 g/mol. The Morgan fingerprint density at radius 1 is 1.57 bits per heavy atom. The number of esters is 1. The first-order valence-electron chi connectivity index (χ1n) is 6.00. The predicted octanol–water partition coefficient (Wildman–Crippen LogP) is 3.24. The first kappa shape index (κ1) is 14.6. The molecule has 0 radical (unpaired) electrons. The zero-order chi connectivity index (χ0) is 14.7. The number of thioether (sulfide) groups is 1. The Morgan fingerprint density at radius 2 is 2.48 bits per heavy atom. The molecule has 0 aliphatic heterocycles. The Morgan fingerprint density at radius 3 is 3.29 bits per heavy atom. The van der Waals surface area contributed by atoms with Gasteiger partial charge in [-0.15, -0.1) is 11.3 Å². The number of ether oxygens (including phenoxy) is 1. The fourth-order valence-electron chi connectivity index (χ4n) is 1.66. The van der Waals surface area contributed by atoms with Gasteiger partial charge in [-0.25, -0.2) is 9.78 Å². The molecule has 0 amide bonds. The second-order valence-corrected chi connectivity index (χ2v) is 7.52. The van der Waals surface area contributed by atoms with Crippen LogP contribution in [-0.4, -0.2) is 32.9 Å². The van der Waals surface area contributed by atoms with Gasteiger partial charge in [-0.1, -0.05) is 5.16 Å². The molecule has 9 heteroatoms. The molecule has 21 heavy (non-hydrogen) atoms. The van der Waals surface area contributed by atoms with E-state index in [1.807, 2.05) is 12.3 Å². The minimum atomic E-state index is -0.396. The first-order chi connectivity index (χ1) is 10.2. The zero-order valence-corrected chi connectivity index (χ0v) is 13.9. The van der Waals surface area contributed by atoms with E-state index in [-0.39, 0.29) is 0 Å². The maximum atomic E-state index is 12.0. The summed E-state index contributed by atoms with van der Waals surface area (Å²) in [4.78, 5) is 16.8. The van der Waals surface area contributed by atoms with Gasteiger partial charge in [0.15, 0.2) is 5.69 Å². The Bertz CT molecular complexity index is 738. The fourth-order valence-corrected chi connectivity index (χ4v) is 3.83. The molecule has 0 fully saturated rings. The van der Waals surface area contributed by atoms with Gasteiger partial charge in [-0.3, -0.25) is 4.40 Å². The minimum Gasteiger partial charge on any atom is -0.460 e. The average molecular weight is 388 g/mol. The van der Waals surface area contributed by atoms with E-state index in [2.05, 4.69) is 26.1 Å². The number of fused-ring (bicyclic) bond motifs is 1. The highest BCUT2D eigenvalue weighted by Gasteiger charge is 2.16. The van der Waals surface area contributed by atoms with Gasteiger partial charge < -0.3 is 9.26 Å². The molecule has 0 saturated carbocycles. The SMILES string of the molecule is O=C(OCCSCc1ccno1)c1ncn2cc(Br)sc12. The fraction of sp³-hybridized carbons (Fsp3) is 0.250. The van der Waals surface area contributed by atoms with Gasteiger partial charge in [-0.05, 0) is 15.9 Å². The Labute approximate surface area is 136 Å². The predicted molar refractivity (Wildman–Crippen MR) is 83.7 cm³/mol. The van der Waals surface area contributed by atoms with Gasteiger partial charge in [0.2, 0.25) is 0 Å². The molecule has 110 valence electrons. The molecule has 0 spiro atoms. The molecule has 6 nitrogen and oxygen atoms in total. The second-order valence-electron chi connectivity index (χ2n) is 4.01. The maximum Gasteiger partial charge on any atom is 0.360 e. The molecular weight excluding hydrogens is 378 g/mol. The van der Waals surface area contributed by atoms with Crippen LogP contribution in [0.1, 0.15) is 16.2 Å². The van der Waals surface area contributed by atoms with Crippen molar-refractivity contribution >= 4 is 49.8 Å². The maximum absolute atomic E-state index is 12.0. The highest BCUT2D eigenvalue weighted by Crippen LogP contribution is 2.26. The van der Waals surface area contributed by atoms with E-state index in [0.29, 0.717) is 23.8 Å². The lowest BCUT2D eigenvalue weighted by atomic mass is 10.5. The van der Waals surface area contributed by atoms with Crippen LogP contribution in [-0.2, 0) is 10.5 Å². The van der Waals surface area contributed by atoms with E-state index in [9.17, 15) is 4.79 Å². The number of carbonyl (C=O) groups excluding carboxylic acids is 1. The van der Waals surface area contributed by atoms with Crippen molar-refractivity contribution in [1.29, 1.82) is 0 Å². The molecule has 0 unspecified atom stereocenters. The number of aromatic nitrogens is 3. The normalized spacial score (nSPS) is 11.1. The summed E-state index contributed by atoms with van der Waals surface area (Å²) in [6, 6.07) is 1.81. The van der Waals surface area contributed by atoms with Crippen molar-refractivity contribution in [3.8, 4) is 0 Å². The van der Waals surface area contributed by atoms with Crippen LogP contribution in [0.5, 0.6) is 0 Å². The molecular formula is C12H10BrN3O3S2.